The molecule has 8 nitrogen and oxygen atoms in total. The minimum Gasteiger partial charge on any atom is -0.392 e. The Morgan fingerprint density at radius 2 is 1.45 bits per heavy atom. The van der Waals surface area contributed by atoms with Crippen LogP contribution in [-0.4, -0.2) is 43.9 Å². The average molecular weight is 664 g/mol. The molecule has 5 aromatic rings. The normalized spacial score (nSPS) is 20.9. The van der Waals surface area contributed by atoms with Gasteiger partial charge in [0.15, 0.2) is 10.6 Å². The van der Waals surface area contributed by atoms with E-state index in [1.54, 1.807) is 47.4 Å². The second-order valence-electron chi connectivity index (χ2n) is 11.7. The Kier molecular flexibility index (Phi) is 9.02. The Labute approximate surface area is 281 Å². The highest BCUT2D eigenvalue weighted by Gasteiger charge is 2.39. The van der Waals surface area contributed by atoms with Gasteiger partial charge in [-0.25, -0.2) is 0 Å². The van der Waals surface area contributed by atoms with E-state index in [-0.39, 0.29) is 43.1 Å². The second-order valence-corrected chi connectivity index (χ2v) is 14.2. The highest BCUT2D eigenvalue weighted by atomic mass is 32.2. The molecule has 2 aliphatic rings. The number of aliphatic hydroxyl groups is 1. The molecular formula is C37H33N3O5S2. The Morgan fingerprint density at radius 1 is 0.809 bits per heavy atom. The largest absolute Gasteiger partial charge is 0.392 e. The van der Waals surface area contributed by atoms with Gasteiger partial charge in [-0.2, -0.15) is 0 Å². The van der Waals surface area contributed by atoms with Crippen LogP contribution >= 0.6 is 23.1 Å². The van der Waals surface area contributed by atoms with Crippen molar-refractivity contribution in [3.63, 3.8) is 0 Å². The minimum atomic E-state index is -0.599. The van der Waals surface area contributed by atoms with Gasteiger partial charge in [-0.1, -0.05) is 115 Å². The van der Waals surface area contributed by atoms with Gasteiger partial charge in [-0.15, -0.1) is 10.2 Å². The quantitative estimate of drug-likeness (QED) is 0.129. The molecule has 2 amide bonds. The first-order valence-corrected chi connectivity index (χ1v) is 17.3. The highest BCUT2D eigenvalue weighted by Crippen LogP contribution is 2.43. The van der Waals surface area contributed by atoms with E-state index in [0.717, 1.165) is 42.7 Å². The number of benzene rings is 4. The summed E-state index contributed by atoms with van der Waals surface area (Å²) in [6.07, 6.45) is -0.938. The van der Waals surface area contributed by atoms with Crippen LogP contribution in [0.2, 0.25) is 0 Å². The number of aromatic nitrogens is 2. The summed E-state index contributed by atoms with van der Waals surface area (Å²) in [6.45, 7) is 4.26. The molecule has 3 heterocycles. The van der Waals surface area contributed by atoms with Crippen molar-refractivity contribution in [3.05, 3.63) is 135 Å². The number of fused-ring (bicyclic) bond motifs is 1. The lowest BCUT2D eigenvalue weighted by Crippen LogP contribution is -2.38. The molecule has 7 rings (SSSR count). The summed E-state index contributed by atoms with van der Waals surface area (Å²) in [5.74, 6) is 0.211. The van der Waals surface area contributed by atoms with Gasteiger partial charge in [0.1, 0.15) is 5.01 Å². The number of amides is 2. The predicted molar refractivity (Wildman–Crippen MR) is 181 cm³/mol. The number of carbonyl (C=O) groups excluding carboxylic acids is 2. The number of hydrogen-bond donors (Lipinski definition) is 1. The fourth-order valence-electron chi connectivity index (χ4n) is 6.11. The molecule has 47 heavy (non-hydrogen) atoms. The van der Waals surface area contributed by atoms with Crippen LogP contribution in [-0.2, 0) is 22.6 Å². The van der Waals surface area contributed by atoms with Crippen LogP contribution in [0, 0.1) is 12.8 Å². The van der Waals surface area contributed by atoms with Crippen LogP contribution in [0.25, 0.3) is 11.1 Å². The molecule has 1 fully saturated rings. The zero-order chi connectivity index (χ0) is 32.5. The third-order valence-electron chi connectivity index (χ3n) is 8.72. The predicted octanol–water partition coefficient (Wildman–Crippen LogP) is 7.39. The molecule has 0 saturated carbocycles. The van der Waals surface area contributed by atoms with E-state index in [1.807, 2.05) is 79.7 Å². The van der Waals surface area contributed by atoms with Gasteiger partial charge in [0.05, 0.1) is 36.5 Å². The first-order chi connectivity index (χ1) is 22.9. The monoisotopic (exact) mass is 663 g/mol. The van der Waals surface area contributed by atoms with Crippen LogP contribution in [0.1, 0.15) is 67.3 Å². The molecule has 1 saturated heterocycles. The molecular weight excluding hydrogens is 631 g/mol. The first kappa shape index (κ1) is 31.4. The Balaban J connectivity index is 1.13. The zero-order valence-corrected chi connectivity index (χ0v) is 27.5. The van der Waals surface area contributed by atoms with Gasteiger partial charge in [-0.3, -0.25) is 14.5 Å². The van der Waals surface area contributed by atoms with Crippen molar-refractivity contribution in [1.29, 1.82) is 0 Å². The van der Waals surface area contributed by atoms with E-state index in [4.69, 9.17) is 9.47 Å². The smallest absolute Gasteiger partial charge is 0.261 e. The molecule has 0 spiro atoms. The maximum absolute atomic E-state index is 13.1. The van der Waals surface area contributed by atoms with Crippen molar-refractivity contribution in [3.8, 4) is 11.1 Å². The number of hydrogen-bond acceptors (Lipinski definition) is 9. The number of carbonyl (C=O) groups is 2. The SMILES string of the molecule is Cc1nnc(SCC2OC(c3ccc(-c4ccccc4CN4C(=O)c5ccccc5C4=O)cc3)OC(c3ccc(CO)cc3)C2C)s1. The Hall–Kier alpha value is -4.19. The zero-order valence-electron chi connectivity index (χ0n) is 25.9. The number of aryl methyl sites for hydroxylation is 1. The second kappa shape index (κ2) is 13.5. The summed E-state index contributed by atoms with van der Waals surface area (Å²) in [4.78, 5) is 27.5. The highest BCUT2D eigenvalue weighted by molar-refractivity contribution is 8.01. The summed E-state index contributed by atoms with van der Waals surface area (Å²) in [6, 6.07) is 30.8. The van der Waals surface area contributed by atoms with Crippen molar-refractivity contribution in [1.82, 2.24) is 15.1 Å². The van der Waals surface area contributed by atoms with Gasteiger partial charge < -0.3 is 14.6 Å². The number of aliphatic hydroxyl groups excluding tert-OH is 1. The molecule has 4 unspecified atom stereocenters. The van der Waals surface area contributed by atoms with Crippen LogP contribution in [0.4, 0.5) is 0 Å². The van der Waals surface area contributed by atoms with Gasteiger partial charge >= 0.3 is 0 Å². The van der Waals surface area contributed by atoms with E-state index >= 15 is 0 Å². The number of thioether (sulfide) groups is 1. The van der Waals surface area contributed by atoms with Crippen LogP contribution in [0.5, 0.6) is 0 Å². The van der Waals surface area contributed by atoms with E-state index in [2.05, 4.69) is 17.1 Å². The van der Waals surface area contributed by atoms with E-state index < -0.39 is 6.29 Å². The molecule has 4 atom stereocenters. The fourth-order valence-corrected chi connectivity index (χ4v) is 8.12. The summed E-state index contributed by atoms with van der Waals surface area (Å²) in [5, 5.41) is 18.9. The van der Waals surface area contributed by atoms with Crippen molar-refractivity contribution < 1.29 is 24.2 Å². The van der Waals surface area contributed by atoms with Gasteiger partial charge in [0.2, 0.25) is 0 Å². The van der Waals surface area contributed by atoms with Crippen LogP contribution in [0.3, 0.4) is 0 Å². The lowest BCUT2D eigenvalue weighted by Gasteiger charge is -2.41. The third kappa shape index (κ3) is 6.39. The molecule has 4 aromatic carbocycles. The maximum Gasteiger partial charge on any atom is 0.261 e. The average Bonchev–Trinajstić information content (AvgIpc) is 3.64. The fraction of sp³-hybridized carbons (Fsp3) is 0.243. The lowest BCUT2D eigenvalue weighted by molar-refractivity contribution is -0.268. The van der Waals surface area contributed by atoms with E-state index in [9.17, 15) is 14.7 Å². The molecule has 0 bridgehead atoms. The van der Waals surface area contributed by atoms with Crippen molar-refractivity contribution >= 4 is 34.9 Å². The summed E-state index contributed by atoms with van der Waals surface area (Å²) < 4.78 is 14.2. The number of imide groups is 1. The standard InChI is InChI=1S/C37H33N3O5S2/c1-22-32(21-46-37-39-38-23(2)47-37)44-36(45-33(22)26-13-11-24(20-41)12-14-26)27-17-15-25(16-18-27)29-8-4-3-7-28(29)19-40-34(42)30-9-5-6-10-31(30)35(40)43/h3-18,22,32-33,36,41H,19-21H2,1-2H3. The van der Waals surface area contributed by atoms with Crippen LogP contribution < -0.4 is 0 Å². The molecule has 10 heteroatoms. The molecule has 238 valence electrons. The van der Waals surface area contributed by atoms with Crippen molar-refractivity contribution in [2.75, 3.05) is 5.75 Å². The van der Waals surface area contributed by atoms with E-state index in [1.165, 1.54) is 4.90 Å². The summed E-state index contributed by atoms with van der Waals surface area (Å²) >= 11 is 3.22. The number of ether oxygens (including phenoxy) is 2. The molecule has 2 aliphatic heterocycles. The summed E-state index contributed by atoms with van der Waals surface area (Å²) in [7, 11) is 0. The number of nitrogens with zero attached hydrogens (tertiary/aromatic N) is 3. The minimum absolute atomic E-state index is 0.0125. The summed E-state index contributed by atoms with van der Waals surface area (Å²) in [5.41, 5.74) is 6.43. The van der Waals surface area contributed by atoms with Crippen LogP contribution in [0.15, 0.2) is 101 Å². The molecule has 1 N–H and O–H groups in total. The van der Waals surface area contributed by atoms with Gasteiger partial charge in [-0.05, 0) is 46.9 Å². The Morgan fingerprint density at radius 3 is 2.09 bits per heavy atom. The molecule has 0 radical (unpaired) electrons. The topological polar surface area (TPSA) is 102 Å². The lowest BCUT2D eigenvalue weighted by atomic mass is 9.91. The van der Waals surface area contributed by atoms with Crippen molar-refractivity contribution in [2.45, 2.75) is 49.8 Å². The third-order valence-corrected chi connectivity index (χ3v) is 10.8. The van der Waals surface area contributed by atoms with Gasteiger partial charge in [0.25, 0.3) is 11.8 Å². The maximum atomic E-state index is 13.1. The van der Waals surface area contributed by atoms with Gasteiger partial charge in [0, 0.05) is 17.2 Å². The number of rotatable bonds is 9. The van der Waals surface area contributed by atoms with E-state index in [0.29, 0.717) is 16.9 Å². The molecule has 1 aromatic heterocycles. The first-order valence-electron chi connectivity index (χ1n) is 15.5. The van der Waals surface area contributed by atoms with Crippen molar-refractivity contribution in [2.24, 2.45) is 5.92 Å². The molecule has 0 aliphatic carbocycles. The Bertz CT molecular complexity index is 1880.